The van der Waals surface area contributed by atoms with Gasteiger partial charge in [0.1, 0.15) is 5.37 Å². The Kier molecular flexibility index (Phi) is 8.26. The van der Waals surface area contributed by atoms with Crippen molar-refractivity contribution in [2.75, 3.05) is 5.75 Å². The molecule has 1 heterocycles. The Labute approximate surface area is 208 Å². The summed E-state index contributed by atoms with van der Waals surface area (Å²) in [5.74, 6) is 1.07. The maximum atomic E-state index is 13.7. The Morgan fingerprint density at radius 2 is 1.91 bits per heavy atom. The van der Waals surface area contributed by atoms with Gasteiger partial charge in [-0.1, -0.05) is 61.4 Å². The minimum absolute atomic E-state index is 0.158. The minimum atomic E-state index is -3.90. The molecule has 7 nitrogen and oxygen atoms in total. The van der Waals surface area contributed by atoms with E-state index in [0.29, 0.717) is 5.56 Å². The third-order valence-electron chi connectivity index (χ3n) is 6.15. The first-order chi connectivity index (χ1) is 16.4. The van der Waals surface area contributed by atoms with Gasteiger partial charge in [0, 0.05) is 5.75 Å². The van der Waals surface area contributed by atoms with Crippen molar-refractivity contribution in [2.24, 2.45) is 5.92 Å². The van der Waals surface area contributed by atoms with Gasteiger partial charge < -0.3 is 0 Å². The maximum absolute atomic E-state index is 13.7. The van der Waals surface area contributed by atoms with E-state index in [1.165, 1.54) is 50.4 Å². The van der Waals surface area contributed by atoms with Crippen LogP contribution in [0, 0.1) is 5.92 Å². The second-order valence-corrected chi connectivity index (χ2v) is 13.0. The van der Waals surface area contributed by atoms with Crippen LogP contribution < -0.4 is 10.8 Å². The highest BCUT2D eigenvalue weighted by molar-refractivity contribution is 8.01. The third kappa shape index (κ3) is 5.80. The van der Waals surface area contributed by atoms with Gasteiger partial charge in [0.15, 0.2) is 14.2 Å². The van der Waals surface area contributed by atoms with Gasteiger partial charge in [0.25, 0.3) is 5.91 Å². The lowest BCUT2D eigenvalue weighted by molar-refractivity contribution is -0.131. The number of amides is 1. The molecular formula is C24H29N3O4S3. The summed E-state index contributed by atoms with van der Waals surface area (Å²) in [5.41, 5.74) is 2.86. The van der Waals surface area contributed by atoms with E-state index in [9.17, 15) is 13.2 Å². The normalized spacial score (nSPS) is 16.9. The largest absolute Gasteiger partial charge is 0.289 e. The molecule has 3 aromatic rings. The highest BCUT2D eigenvalue weighted by atomic mass is 32.2. The molecule has 1 amide bonds. The molecule has 0 bridgehead atoms. The molecule has 1 unspecified atom stereocenters. The standard InChI is InChI=1S/C24H29N3O4S3/c1-16(22(28)27-29)25-23(18-10-6-3-7-11-18)34(30,31)19-12-13-20-21(14-19)33-24(26-20)32-15-17-8-4-2-5-9-17/h3,6-7,10-14,16-17,23,25,29H,2,4-5,8-9,15H2,1H3,(H,27,28)/t16-,23?/m1/s1. The lowest BCUT2D eigenvalue weighted by Gasteiger charge is -2.23. The van der Waals surface area contributed by atoms with Gasteiger partial charge >= 0.3 is 0 Å². The van der Waals surface area contributed by atoms with E-state index < -0.39 is 27.2 Å². The molecule has 3 N–H and O–H groups in total. The molecule has 34 heavy (non-hydrogen) atoms. The fraction of sp³-hybridized carbons (Fsp3) is 0.417. The summed E-state index contributed by atoms with van der Waals surface area (Å²) in [7, 11) is -3.90. The molecule has 1 aliphatic carbocycles. The predicted molar refractivity (Wildman–Crippen MR) is 136 cm³/mol. The molecule has 1 fully saturated rings. The quantitative estimate of drug-likeness (QED) is 0.209. The van der Waals surface area contributed by atoms with E-state index in [4.69, 9.17) is 10.2 Å². The zero-order valence-electron chi connectivity index (χ0n) is 18.9. The first-order valence-corrected chi connectivity index (χ1v) is 14.8. The van der Waals surface area contributed by atoms with Gasteiger partial charge in [-0.05, 0) is 49.4 Å². The molecule has 1 aromatic heterocycles. The Hall–Kier alpha value is -1.98. The molecule has 1 aliphatic rings. The van der Waals surface area contributed by atoms with Crippen LogP contribution in [0.1, 0.15) is 50.0 Å². The Morgan fingerprint density at radius 1 is 1.18 bits per heavy atom. The summed E-state index contributed by atoms with van der Waals surface area (Å²) in [4.78, 5) is 16.7. The number of carbonyl (C=O) groups is 1. The van der Waals surface area contributed by atoms with Crippen LogP contribution in [0.15, 0.2) is 57.8 Å². The van der Waals surface area contributed by atoms with Crippen LogP contribution >= 0.6 is 23.1 Å². The van der Waals surface area contributed by atoms with Crippen LogP contribution in [0.25, 0.3) is 10.2 Å². The number of rotatable bonds is 9. The van der Waals surface area contributed by atoms with E-state index in [-0.39, 0.29) is 4.90 Å². The molecular weight excluding hydrogens is 490 g/mol. The van der Waals surface area contributed by atoms with E-state index >= 15 is 0 Å². The van der Waals surface area contributed by atoms with Gasteiger partial charge in [0.2, 0.25) is 0 Å². The van der Waals surface area contributed by atoms with Crippen molar-refractivity contribution < 1.29 is 18.4 Å². The van der Waals surface area contributed by atoms with E-state index in [0.717, 1.165) is 26.2 Å². The lowest BCUT2D eigenvalue weighted by atomic mass is 9.91. The van der Waals surface area contributed by atoms with Crippen molar-refractivity contribution >= 4 is 49.1 Å². The summed E-state index contributed by atoms with van der Waals surface area (Å²) >= 11 is 3.28. The van der Waals surface area contributed by atoms with Gasteiger partial charge in [-0.3, -0.25) is 15.3 Å². The summed E-state index contributed by atoms with van der Waals surface area (Å²) in [6, 6.07) is 12.7. The van der Waals surface area contributed by atoms with Crippen molar-refractivity contribution in [3.63, 3.8) is 0 Å². The topological polar surface area (TPSA) is 108 Å². The molecule has 2 atom stereocenters. The summed E-state index contributed by atoms with van der Waals surface area (Å²) in [6.45, 7) is 1.50. The van der Waals surface area contributed by atoms with Crippen molar-refractivity contribution in [3.05, 3.63) is 54.1 Å². The molecule has 2 aromatic carbocycles. The SMILES string of the molecule is C[C@@H](NC(c1ccccc1)S(=O)(=O)c1ccc2nc(SCC3CCCCC3)sc2c1)C(=O)NO. The Balaban J connectivity index is 1.59. The number of hydroxylamine groups is 1. The second-order valence-electron chi connectivity index (χ2n) is 8.62. The first kappa shape index (κ1) is 25.1. The molecule has 0 aliphatic heterocycles. The number of hydrogen-bond donors (Lipinski definition) is 3. The molecule has 10 heteroatoms. The van der Waals surface area contributed by atoms with Crippen LogP contribution in [-0.2, 0) is 14.6 Å². The third-order valence-corrected chi connectivity index (χ3v) is 10.5. The van der Waals surface area contributed by atoms with Crippen LogP contribution in [0.3, 0.4) is 0 Å². The highest BCUT2D eigenvalue weighted by Gasteiger charge is 2.32. The molecule has 0 radical (unpaired) electrons. The van der Waals surface area contributed by atoms with Crippen LogP contribution in [0.4, 0.5) is 0 Å². The molecule has 1 saturated carbocycles. The fourth-order valence-corrected chi connectivity index (χ4v) is 8.30. The number of thiazole rings is 1. The maximum Gasteiger partial charge on any atom is 0.260 e. The van der Waals surface area contributed by atoms with E-state index in [1.807, 2.05) is 0 Å². The summed E-state index contributed by atoms with van der Waals surface area (Å²) in [6.07, 6.45) is 6.51. The van der Waals surface area contributed by atoms with E-state index in [1.54, 1.807) is 65.8 Å². The summed E-state index contributed by atoms with van der Waals surface area (Å²) < 4.78 is 29.1. The van der Waals surface area contributed by atoms with Crippen molar-refractivity contribution in [3.8, 4) is 0 Å². The Bertz CT molecular complexity index is 1220. The number of aromatic nitrogens is 1. The number of nitrogens with zero attached hydrogens (tertiary/aromatic N) is 1. The van der Waals surface area contributed by atoms with E-state index in [2.05, 4.69) is 5.32 Å². The Morgan fingerprint density at radius 3 is 2.62 bits per heavy atom. The molecule has 182 valence electrons. The molecule has 4 rings (SSSR count). The number of carbonyl (C=O) groups excluding carboxylic acids is 1. The van der Waals surface area contributed by atoms with Crippen molar-refractivity contribution in [1.29, 1.82) is 0 Å². The van der Waals surface area contributed by atoms with Gasteiger partial charge in [-0.25, -0.2) is 18.9 Å². The fourth-order valence-electron chi connectivity index (χ4n) is 4.19. The van der Waals surface area contributed by atoms with Gasteiger partial charge in [-0.15, -0.1) is 11.3 Å². The highest BCUT2D eigenvalue weighted by Crippen LogP contribution is 2.36. The average molecular weight is 520 g/mol. The zero-order chi connectivity index (χ0) is 24.1. The smallest absolute Gasteiger partial charge is 0.260 e. The average Bonchev–Trinajstić information content (AvgIpc) is 3.28. The van der Waals surface area contributed by atoms with Gasteiger partial charge in [-0.2, -0.15) is 0 Å². The number of hydrogen-bond acceptors (Lipinski definition) is 8. The molecule has 0 saturated heterocycles. The van der Waals surface area contributed by atoms with Crippen molar-refractivity contribution in [2.45, 2.75) is 59.7 Å². The monoisotopic (exact) mass is 519 g/mol. The van der Waals surface area contributed by atoms with Crippen LogP contribution in [0.5, 0.6) is 0 Å². The minimum Gasteiger partial charge on any atom is -0.289 e. The predicted octanol–water partition coefficient (Wildman–Crippen LogP) is 4.92. The number of nitrogens with one attached hydrogen (secondary N) is 2. The number of sulfone groups is 1. The zero-order valence-corrected chi connectivity index (χ0v) is 21.4. The molecule has 0 spiro atoms. The number of thioether (sulfide) groups is 1. The summed E-state index contributed by atoms with van der Waals surface area (Å²) in [5, 5.41) is 10.7. The van der Waals surface area contributed by atoms with Gasteiger partial charge in [0.05, 0.1) is 21.2 Å². The lowest BCUT2D eigenvalue weighted by Crippen LogP contribution is -2.44. The second kappa shape index (κ2) is 11.2. The van der Waals surface area contributed by atoms with Crippen LogP contribution in [0.2, 0.25) is 0 Å². The van der Waals surface area contributed by atoms with Crippen LogP contribution in [-0.4, -0.2) is 36.3 Å². The number of fused-ring (bicyclic) bond motifs is 1. The first-order valence-electron chi connectivity index (χ1n) is 11.4. The number of benzene rings is 2. The van der Waals surface area contributed by atoms with Crippen molar-refractivity contribution in [1.82, 2.24) is 15.8 Å².